The second kappa shape index (κ2) is 9.20. The number of fused-ring (bicyclic) bond motifs is 2. The molecule has 0 radical (unpaired) electrons. The van der Waals surface area contributed by atoms with Crippen molar-refractivity contribution in [3.8, 4) is 5.69 Å². The lowest BCUT2D eigenvalue weighted by atomic mass is 9.69. The maximum atomic E-state index is 13.6. The molecule has 1 aromatic heterocycles. The van der Waals surface area contributed by atoms with Gasteiger partial charge in [0.15, 0.2) is 0 Å². The predicted molar refractivity (Wildman–Crippen MR) is 139 cm³/mol. The van der Waals surface area contributed by atoms with E-state index in [9.17, 15) is 12.8 Å². The summed E-state index contributed by atoms with van der Waals surface area (Å²) in [7, 11) is -3.64. The maximum Gasteiger partial charge on any atom is 0.243 e. The molecule has 6 rings (SSSR count). The molecule has 1 saturated heterocycles. The molecular weight excluding hydrogens is 545 g/mol. The van der Waals surface area contributed by atoms with E-state index in [4.69, 9.17) is 4.74 Å². The van der Waals surface area contributed by atoms with Crippen LogP contribution in [0.4, 0.5) is 4.39 Å². The zero-order chi connectivity index (χ0) is 24.9. The van der Waals surface area contributed by atoms with E-state index < -0.39 is 15.4 Å². The van der Waals surface area contributed by atoms with Crippen molar-refractivity contribution in [1.82, 2.24) is 14.1 Å². The molecule has 0 bridgehead atoms. The lowest BCUT2D eigenvalue weighted by molar-refractivity contribution is 0.0358. The Morgan fingerprint density at radius 2 is 1.86 bits per heavy atom. The number of piperidine rings is 1. The molecule has 36 heavy (non-hydrogen) atoms. The highest BCUT2D eigenvalue weighted by molar-refractivity contribution is 9.10. The van der Waals surface area contributed by atoms with Crippen LogP contribution in [-0.4, -0.2) is 48.8 Å². The lowest BCUT2D eigenvalue weighted by Gasteiger charge is -2.46. The van der Waals surface area contributed by atoms with Crippen LogP contribution in [0.5, 0.6) is 0 Å². The Morgan fingerprint density at radius 1 is 1.11 bits per heavy atom. The number of benzene rings is 2. The predicted octanol–water partition coefficient (Wildman–Crippen LogP) is 5.22. The van der Waals surface area contributed by atoms with Crippen molar-refractivity contribution < 1.29 is 17.5 Å². The molecule has 2 fully saturated rings. The van der Waals surface area contributed by atoms with Gasteiger partial charge in [-0.2, -0.15) is 9.40 Å². The largest absolute Gasteiger partial charge is 0.380 e. The number of rotatable bonds is 7. The van der Waals surface area contributed by atoms with Gasteiger partial charge in [0.2, 0.25) is 10.0 Å². The molecule has 0 amide bonds. The molecular formula is C27H27BrFN3O3S. The van der Waals surface area contributed by atoms with Gasteiger partial charge in [-0.25, -0.2) is 17.5 Å². The number of aromatic nitrogens is 2. The van der Waals surface area contributed by atoms with Gasteiger partial charge in [0.25, 0.3) is 0 Å². The summed E-state index contributed by atoms with van der Waals surface area (Å²) in [6.07, 6.45) is 7.67. The van der Waals surface area contributed by atoms with Crippen LogP contribution in [0.3, 0.4) is 0 Å². The van der Waals surface area contributed by atoms with Gasteiger partial charge >= 0.3 is 0 Å². The van der Waals surface area contributed by atoms with Gasteiger partial charge in [0, 0.05) is 29.6 Å². The van der Waals surface area contributed by atoms with Gasteiger partial charge in [-0.05, 0) is 91.8 Å². The SMILES string of the molecule is O=S(=O)(c1ccc(Br)cc1)N1CCC2=Cc3c(cnn3-c3ccc(F)cc3)C[C@]2(COCC2CC2)C1. The summed E-state index contributed by atoms with van der Waals surface area (Å²) in [6, 6.07) is 13.1. The van der Waals surface area contributed by atoms with E-state index in [0.717, 1.165) is 28.0 Å². The molecule has 0 unspecified atom stereocenters. The van der Waals surface area contributed by atoms with E-state index >= 15 is 0 Å². The van der Waals surface area contributed by atoms with E-state index in [-0.39, 0.29) is 5.82 Å². The monoisotopic (exact) mass is 571 g/mol. The summed E-state index contributed by atoms with van der Waals surface area (Å²) in [5.74, 6) is 0.338. The van der Waals surface area contributed by atoms with E-state index in [1.54, 1.807) is 40.7 Å². The molecule has 0 spiro atoms. The van der Waals surface area contributed by atoms with Gasteiger partial charge in [-0.3, -0.25) is 0 Å². The van der Waals surface area contributed by atoms with Crippen LogP contribution in [0, 0.1) is 17.2 Å². The van der Waals surface area contributed by atoms with Crippen molar-refractivity contribution in [2.24, 2.45) is 11.3 Å². The Balaban J connectivity index is 1.34. The average Bonchev–Trinajstić information content (AvgIpc) is 3.61. The molecule has 2 aromatic carbocycles. The van der Waals surface area contributed by atoms with Crippen molar-refractivity contribution in [3.63, 3.8) is 0 Å². The van der Waals surface area contributed by atoms with Gasteiger partial charge in [-0.1, -0.05) is 21.5 Å². The Bertz CT molecular complexity index is 1420. The molecule has 0 N–H and O–H groups in total. The molecule has 1 saturated carbocycles. The number of hydrogen-bond acceptors (Lipinski definition) is 4. The highest BCUT2D eigenvalue weighted by atomic mass is 79.9. The highest BCUT2D eigenvalue weighted by Gasteiger charge is 2.46. The van der Waals surface area contributed by atoms with Crippen LogP contribution in [0.1, 0.15) is 30.5 Å². The Hall–Kier alpha value is -2.33. The number of sulfonamides is 1. The van der Waals surface area contributed by atoms with Crippen molar-refractivity contribution >= 4 is 32.0 Å². The zero-order valence-electron chi connectivity index (χ0n) is 19.7. The summed E-state index contributed by atoms with van der Waals surface area (Å²) >= 11 is 3.39. The van der Waals surface area contributed by atoms with Crippen LogP contribution in [0.15, 0.2) is 69.7 Å². The molecule has 2 aliphatic carbocycles. The Morgan fingerprint density at radius 3 is 2.58 bits per heavy atom. The summed E-state index contributed by atoms with van der Waals surface area (Å²) in [6.45, 7) is 1.97. The minimum Gasteiger partial charge on any atom is -0.380 e. The van der Waals surface area contributed by atoms with Crippen LogP contribution in [-0.2, 0) is 21.2 Å². The number of ether oxygens (including phenoxy) is 1. The summed E-state index contributed by atoms with van der Waals surface area (Å²) in [5.41, 5.74) is 3.55. The number of nitrogens with zero attached hydrogens (tertiary/aromatic N) is 3. The van der Waals surface area contributed by atoms with Crippen molar-refractivity contribution in [2.45, 2.75) is 30.6 Å². The first-order valence-corrected chi connectivity index (χ1v) is 14.4. The Kier molecular flexibility index (Phi) is 6.14. The molecule has 9 heteroatoms. The van der Waals surface area contributed by atoms with Gasteiger partial charge in [0.05, 0.1) is 29.1 Å². The van der Waals surface area contributed by atoms with Crippen LogP contribution in [0.25, 0.3) is 11.8 Å². The molecule has 3 aliphatic rings. The Labute approximate surface area is 218 Å². The molecule has 1 atom stereocenters. The topological polar surface area (TPSA) is 64.4 Å². The minimum atomic E-state index is -3.64. The third kappa shape index (κ3) is 4.47. The molecule has 6 nitrogen and oxygen atoms in total. The quantitative estimate of drug-likeness (QED) is 0.390. The van der Waals surface area contributed by atoms with E-state index in [2.05, 4.69) is 27.1 Å². The summed E-state index contributed by atoms with van der Waals surface area (Å²) in [4.78, 5) is 0.299. The molecule has 3 aromatic rings. The highest BCUT2D eigenvalue weighted by Crippen LogP contribution is 2.46. The first-order chi connectivity index (χ1) is 17.3. The van der Waals surface area contributed by atoms with E-state index in [0.29, 0.717) is 43.4 Å². The van der Waals surface area contributed by atoms with Gasteiger partial charge < -0.3 is 4.74 Å². The first-order valence-electron chi connectivity index (χ1n) is 12.2. The van der Waals surface area contributed by atoms with Gasteiger partial charge in [0.1, 0.15) is 5.82 Å². The summed E-state index contributed by atoms with van der Waals surface area (Å²) in [5, 5.41) is 4.60. The maximum absolute atomic E-state index is 13.6. The van der Waals surface area contributed by atoms with E-state index in [1.807, 2.05) is 10.9 Å². The third-order valence-electron chi connectivity index (χ3n) is 7.47. The van der Waals surface area contributed by atoms with Crippen LogP contribution < -0.4 is 0 Å². The fourth-order valence-corrected chi connectivity index (χ4v) is 7.07. The van der Waals surface area contributed by atoms with Gasteiger partial charge in [-0.15, -0.1) is 0 Å². The van der Waals surface area contributed by atoms with Crippen molar-refractivity contribution in [1.29, 1.82) is 0 Å². The molecule has 2 heterocycles. The normalized spacial score (nSPS) is 22.1. The van der Waals surface area contributed by atoms with Crippen LogP contribution in [0.2, 0.25) is 0 Å². The third-order valence-corrected chi connectivity index (χ3v) is 9.86. The number of halogens is 2. The van der Waals surface area contributed by atoms with E-state index in [1.165, 1.54) is 30.5 Å². The smallest absolute Gasteiger partial charge is 0.243 e. The van der Waals surface area contributed by atoms with Crippen molar-refractivity contribution in [3.05, 3.63) is 81.8 Å². The zero-order valence-corrected chi connectivity index (χ0v) is 22.1. The summed E-state index contributed by atoms with van der Waals surface area (Å²) < 4.78 is 51.1. The second-order valence-corrected chi connectivity index (χ2v) is 12.9. The first kappa shape index (κ1) is 24.0. The molecule has 1 aliphatic heterocycles. The second-order valence-electron chi connectivity index (χ2n) is 10.1. The molecule has 188 valence electrons. The van der Waals surface area contributed by atoms with Crippen LogP contribution >= 0.6 is 15.9 Å². The standard InChI is InChI=1S/C27H27BrFN3O3S/c28-22-3-9-25(10-4-22)36(33,34)31-12-11-21-13-26-20(14-27(21,17-31)18-35-16-19-1-2-19)15-30-32(26)24-7-5-23(29)6-8-24/h3-10,13,15,19H,1-2,11-12,14,16-18H2/t27-/m1/s1. The number of hydrogen-bond donors (Lipinski definition) is 0. The minimum absolute atomic E-state index is 0.288. The lowest BCUT2D eigenvalue weighted by Crippen LogP contribution is -2.51. The average molecular weight is 572 g/mol. The fourth-order valence-electron chi connectivity index (χ4n) is 5.28. The van der Waals surface area contributed by atoms with Crippen molar-refractivity contribution in [2.75, 3.05) is 26.3 Å². The fraction of sp³-hybridized carbons (Fsp3) is 0.370.